The zero-order valence-corrected chi connectivity index (χ0v) is 12.4. The molecule has 0 atom stereocenters. The van der Waals surface area contributed by atoms with Crippen molar-refractivity contribution in [1.29, 1.82) is 0 Å². The second kappa shape index (κ2) is 5.91. The lowest BCUT2D eigenvalue weighted by atomic mass is 10.2. The summed E-state index contributed by atoms with van der Waals surface area (Å²) in [6, 6.07) is 10.4. The molecule has 0 bridgehead atoms. The summed E-state index contributed by atoms with van der Waals surface area (Å²) < 4.78 is 0. The van der Waals surface area contributed by atoms with Crippen LogP contribution in [-0.2, 0) is 13.0 Å². The SMILES string of the molecule is CN=C(NCc1ccnc(C)n1)N1CCc2ccccc21. The molecule has 2 heterocycles. The lowest BCUT2D eigenvalue weighted by molar-refractivity contribution is 0.823. The summed E-state index contributed by atoms with van der Waals surface area (Å²) in [7, 11) is 1.81. The van der Waals surface area contributed by atoms with Gasteiger partial charge in [-0.2, -0.15) is 0 Å². The van der Waals surface area contributed by atoms with Crippen molar-refractivity contribution in [1.82, 2.24) is 15.3 Å². The summed E-state index contributed by atoms with van der Waals surface area (Å²) in [6.45, 7) is 3.51. The van der Waals surface area contributed by atoms with Crippen LogP contribution in [0.2, 0.25) is 0 Å². The van der Waals surface area contributed by atoms with Crippen LogP contribution in [-0.4, -0.2) is 29.5 Å². The average molecular weight is 281 g/mol. The number of para-hydroxylation sites is 1. The fraction of sp³-hybridized carbons (Fsp3) is 0.312. The fourth-order valence-corrected chi connectivity index (χ4v) is 2.63. The van der Waals surface area contributed by atoms with E-state index in [9.17, 15) is 0 Å². The van der Waals surface area contributed by atoms with E-state index in [2.05, 4.69) is 49.4 Å². The topological polar surface area (TPSA) is 53.4 Å². The highest BCUT2D eigenvalue weighted by molar-refractivity contribution is 5.97. The van der Waals surface area contributed by atoms with Crippen LogP contribution in [0.15, 0.2) is 41.5 Å². The molecule has 0 spiro atoms. The number of aryl methyl sites for hydroxylation is 1. The highest BCUT2D eigenvalue weighted by Gasteiger charge is 2.22. The molecule has 0 aliphatic carbocycles. The Kier molecular flexibility index (Phi) is 3.81. The largest absolute Gasteiger partial charge is 0.350 e. The lowest BCUT2D eigenvalue weighted by Gasteiger charge is -2.22. The van der Waals surface area contributed by atoms with Crippen LogP contribution in [0.1, 0.15) is 17.1 Å². The van der Waals surface area contributed by atoms with Crippen LogP contribution in [0, 0.1) is 6.92 Å². The molecule has 0 unspecified atom stereocenters. The third-order valence-corrected chi connectivity index (χ3v) is 3.62. The molecule has 5 heteroatoms. The van der Waals surface area contributed by atoms with Gasteiger partial charge in [-0.05, 0) is 31.0 Å². The Morgan fingerprint density at radius 3 is 3.00 bits per heavy atom. The summed E-state index contributed by atoms with van der Waals surface area (Å²) in [6.07, 6.45) is 2.84. The maximum Gasteiger partial charge on any atom is 0.198 e. The zero-order valence-electron chi connectivity index (χ0n) is 12.4. The quantitative estimate of drug-likeness (QED) is 0.675. The summed E-state index contributed by atoms with van der Waals surface area (Å²) in [5, 5.41) is 3.38. The molecular formula is C16H19N5. The van der Waals surface area contributed by atoms with Gasteiger partial charge >= 0.3 is 0 Å². The van der Waals surface area contributed by atoms with E-state index < -0.39 is 0 Å². The molecule has 1 aromatic heterocycles. The van der Waals surface area contributed by atoms with Crippen molar-refractivity contribution in [3.05, 3.63) is 53.6 Å². The van der Waals surface area contributed by atoms with E-state index in [0.29, 0.717) is 6.54 Å². The molecule has 1 aliphatic rings. The fourth-order valence-electron chi connectivity index (χ4n) is 2.63. The molecule has 3 rings (SSSR count). The van der Waals surface area contributed by atoms with Crippen molar-refractivity contribution >= 4 is 11.6 Å². The van der Waals surface area contributed by atoms with Gasteiger partial charge in [0.05, 0.1) is 12.2 Å². The third-order valence-electron chi connectivity index (χ3n) is 3.62. The molecule has 0 saturated heterocycles. The average Bonchev–Trinajstić information content (AvgIpc) is 2.92. The Bertz CT molecular complexity index is 665. The summed E-state index contributed by atoms with van der Waals surface area (Å²) in [5.74, 6) is 1.67. The predicted octanol–water partition coefficient (Wildman–Crippen LogP) is 1.92. The Morgan fingerprint density at radius 1 is 1.33 bits per heavy atom. The zero-order chi connectivity index (χ0) is 14.7. The standard InChI is InChI=1S/C16H19N5/c1-12-18-9-7-14(20-12)11-19-16(17-2)21-10-8-13-5-3-4-6-15(13)21/h3-7,9H,8,10-11H2,1-2H3,(H,17,19). The van der Waals surface area contributed by atoms with Gasteiger partial charge in [0.1, 0.15) is 5.82 Å². The van der Waals surface area contributed by atoms with E-state index in [-0.39, 0.29) is 0 Å². The maximum absolute atomic E-state index is 4.40. The van der Waals surface area contributed by atoms with Gasteiger partial charge in [-0.15, -0.1) is 0 Å². The number of hydrogen-bond acceptors (Lipinski definition) is 3. The predicted molar refractivity (Wildman–Crippen MR) is 84.5 cm³/mol. The first-order chi connectivity index (χ1) is 10.3. The van der Waals surface area contributed by atoms with Crippen molar-refractivity contribution in [2.75, 3.05) is 18.5 Å². The number of fused-ring (bicyclic) bond motifs is 1. The molecule has 0 amide bonds. The first-order valence-electron chi connectivity index (χ1n) is 7.12. The van der Waals surface area contributed by atoms with Crippen molar-refractivity contribution in [2.45, 2.75) is 19.9 Å². The molecule has 5 nitrogen and oxygen atoms in total. The second-order valence-electron chi connectivity index (χ2n) is 5.03. The Morgan fingerprint density at radius 2 is 2.19 bits per heavy atom. The highest BCUT2D eigenvalue weighted by Crippen LogP contribution is 2.27. The van der Waals surface area contributed by atoms with Crippen LogP contribution in [0.5, 0.6) is 0 Å². The number of nitrogens with one attached hydrogen (secondary N) is 1. The number of aliphatic imine (C=N–C) groups is 1. The van der Waals surface area contributed by atoms with Crippen molar-refractivity contribution in [3.63, 3.8) is 0 Å². The summed E-state index contributed by atoms with van der Waals surface area (Å²) in [5.41, 5.74) is 3.58. The van der Waals surface area contributed by atoms with Crippen molar-refractivity contribution < 1.29 is 0 Å². The molecule has 1 aromatic carbocycles. The van der Waals surface area contributed by atoms with E-state index in [1.54, 1.807) is 6.20 Å². The first-order valence-corrected chi connectivity index (χ1v) is 7.12. The van der Waals surface area contributed by atoms with E-state index >= 15 is 0 Å². The third kappa shape index (κ3) is 2.86. The van der Waals surface area contributed by atoms with Crippen LogP contribution in [0.25, 0.3) is 0 Å². The smallest absolute Gasteiger partial charge is 0.198 e. The Labute approximate surface area is 124 Å². The van der Waals surface area contributed by atoms with Gasteiger partial charge in [-0.25, -0.2) is 9.97 Å². The summed E-state index contributed by atoms with van der Waals surface area (Å²) >= 11 is 0. The van der Waals surface area contributed by atoms with E-state index in [0.717, 1.165) is 30.4 Å². The number of hydrogen-bond donors (Lipinski definition) is 1. The van der Waals surface area contributed by atoms with E-state index in [1.165, 1.54) is 11.3 Å². The minimum atomic E-state index is 0.648. The molecule has 0 fully saturated rings. The maximum atomic E-state index is 4.40. The highest BCUT2D eigenvalue weighted by atomic mass is 15.3. The van der Waals surface area contributed by atoms with Gasteiger partial charge in [0.2, 0.25) is 0 Å². The molecule has 1 N–H and O–H groups in total. The minimum Gasteiger partial charge on any atom is -0.350 e. The Balaban J connectivity index is 1.73. The van der Waals surface area contributed by atoms with Crippen LogP contribution < -0.4 is 10.2 Å². The number of guanidine groups is 1. The number of rotatable bonds is 2. The van der Waals surface area contributed by atoms with E-state index in [1.807, 2.05) is 20.0 Å². The van der Waals surface area contributed by atoms with E-state index in [4.69, 9.17) is 0 Å². The van der Waals surface area contributed by atoms with Crippen molar-refractivity contribution in [2.24, 2.45) is 4.99 Å². The lowest BCUT2D eigenvalue weighted by Crippen LogP contribution is -2.40. The normalized spacial score (nSPS) is 14.2. The minimum absolute atomic E-state index is 0.648. The number of nitrogens with zero attached hydrogens (tertiary/aromatic N) is 4. The van der Waals surface area contributed by atoms with Crippen LogP contribution in [0.4, 0.5) is 5.69 Å². The molecule has 0 saturated carbocycles. The molecule has 21 heavy (non-hydrogen) atoms. The van der Waals surface area contributed by atoms with Gasteiger partial charge in [-0.3, -0.25) is 4.99 Å². The molecule has 108 valence electrons. The van der Waals surface area contributed by atoms with Gasteiger partial charge < -0.3 is 10.2 Å². The first kappa shape index (κ1) is 13.5. The second-order valence-corrected chi connectivity index (χ2v) is 5.03. The number of anilines is 1. The molecule has 1 aliphatic heterocycles. The van der Waals surface area contributed by atoms with Crippen LogP contribution in [0.3, 0.4) is 0 Å². The number of benzene rings is 1. The van der Waals surface area contributed by atoms with Gasteiger partial charge in [0.15, 0.2) is 5.96 Å². The van der Waals surface area contributed by atoms with Crippen molar-refractivity contribution in [3.8, 4) is 0 Å². The Hall–Kier alpha value is -2.43. The monoisotopic (exact) mass is 281 g/mol. The number of aromatic nitrogens is 2. The van der Waals surface area contributed by atoms with Gasteiger partial charge in [-0.1, -0.05) is 18.2 Å². The van der Waals surface area contributed by atoms with Gasteiger partial charge in [0.25, 0.3) is 0 Å². The molecule has 2 aromatic rings. The summed E-state index contributed by atoms with van der Waals surface area (Å²) in [4.78, 5) is 15.1. The molecule has 0 radical (unpaired) electrons. The molecular weight excluding hydrogens is 262 g/mol. The van der Waals surface area contributed by atoms with Gasteiger partial charge in [0, 0.05) is 25.5 Å². The van der Waals surface area contributed by atoms with Crippen LogP contribution >= 0.6 is 0 Å².